The van der Waals surface area contributed by atoms with Gasteiger partial charge < -0.3 is 0 Å². The Hall–Kier alpha value is -3.75. The van der Waals surface area contributed by atoms with Crippen molar-refractivity contribution in [2.24, 2.45) is 0 Å². The summed E-state index contributed by atoms with van der Waals surface area (Å²) in [4.78, 5) is 43.6. The highest BCUT2D eigenvalue weighted by Gasteiger charge is 2.12. The Kier molecular flexibility index (Phi) is 4.43. The Bertz CT molecular complexity index is 766. The first-order chi connectivity index (χ1) is 11.7. The van der Waals surface area contributed by atoms with Crippen molar-refractivity contribution in [2.75, 3.05) is 10.6 Å². The fourth-order valence-corrected chi connectivity index (χ4v) is 1.73. The maximum absolute atomic E-state index is 12.0. The molecule has 0 aliphatic heterocycles. The van der Waals surface area contributed by atoms with Crippen molar-refractivity contribution >= 4 is 23.7 Å². The van der Waals surface area contributed by atoms with E-state index in [1.165, 1.54) is 43.1 Å². The van der Waals surface area contributed by atoms with Gasteiger partial charge in [0.2, 0.25) is 11.9 Å². The minimum atomic E-state index is -0.473. The van der Waals surface area contributed by atoms with Crippen LogP contribution in [0.25, 0.3) is 0 Å². The van der Waals surface area contributed by atoms with Crippen molar-refractivity contribution in [2.45, 2.75) is 0 Å². The van der Waals surface area contributed by atoms with E-state index in [2.05, 4.69) is 35.6 Å². The van der Waals surface area contributed by atoms with Crippen LogP contribution in [0.5, 0.6) is 0 Å². The zero-order valence-corrected chi connectivity index (χ0v) is 12.2. The number of anilines is 2. The third kappa shape index (κ3) is 3.71. The van der Waals surface area contributed by atoms with Crippen molar-refractivity contribution in [1.29, 1.82) is 0 Å². The highest BCUT2D eigenvalue weighted by atomic mass is 16.2. The van der Waals surface area contributed by atoms with E-state index in [1.54, 1.807) is 12.1 Å². The van der Waals surface area contributed by atoms with E-state index in [1.807, 2.05) is 0 Å². The monoisotopic (exact) mass is 321 g/mol. The number of carbonyl (C=O) groups is 2. The lowest BCUT2D eigenvalue weighted by atomic mass is 10.2. The van der Waals surface area contributed by atoms with Crippen molar-refractivity contribution in [3.8, 4) is 0 Å². The Labute approximate surface area is 136 Å². The van der Waals surface area contributed by atoms with Crippen LogP contribution >= 0.6 is 0 Å². The normalized spacial score (nSPS) is 10.0. The van der Waals surface area contributed by atoms with Crippen molar-refractivity contribution in [3.05, 3.63) is 66.5 Å². The molecule has 9 heteroatoms. The predicted octanol–water partition coefficient (Wildman–Crippen LogP) is 1.17. The van der Waals surface area contributed by atoms with Gasteiger partial charge in [0.05, 0.1) is 5.56 Å². The fraction of sp³-hybridized carbons (Fsp3) is 0. The summed E-state index contributed by atoms with van der Waals surface area (Å²) in [5, 5.41) is 5.03. The summed E-state index contributed by atoms with van der Waals surface area (Å²) >= 11 is 0. The zero-order chi connectivity index (χ0) is 16.8. The van der Waals surface area contributed by atoms with Crippen LogP contribution in [-0.2, 0) is 0 Å². The number of rotatable bonds is 4. The lowest BCUT2D eigenvalue weighted by Gasteiger charge is -2.05. The van der Waals surface area contributed by atoms with E-state index in [0.717, 1.165) is 0 Å². The van der Waals surface area contributed by atoms with Crippen LogP contribution in [0.4, 0.5) is 11.9 Å². The molecule has 0 fully saturated rings. The van der Waals surface area contributed by atoms with Gasteiger partial charge in [-0.1, -0.05) is 0 Å². The number of aromatic nitrogens is 5. The summed E-state index contributed by atoms with van der Waals surface area (Å²) in [5.74, 6) is -0.538. The first-order valence-corrected chi connectivity index (χ1v) is 6.85. The molecule has 0 bridgehead atoms. The first-order valence-electron chi connectivity index (χ1n) is 6.85. The lowest BCUT2D eigenvalue weighted by molar-refractivity contribution is 0.101. The molecule has 0 aliphatic rings. The molecule has 2 amide bonds. The minimum Gasteiger partial charge on any atom is -0.290 e. The molecular formula is C15H11N7O2. The molecule has 0 radical (unpaired) electrons. The number of nitrogens with zero attached hydrogens (tertiary/aromatic N) is 5. The van der Waals surface area contributed by atoms with Gasteiger partial charge in [-0.25, -0.2) is 19.9 Å². The quantitative estimate of drug-likeness (QED) is 0.739. The van der Waals surface area contributed by atoms with Gasteiger partial charge in [-0.05, 0) is 24.3 Å². The van der Waals surface area contributed by atoms with Crippen molar-refractivity contribution in [1.82, 2.24) is 24.9 Å². The molecule has 0 aromatic carbocycles. The van der Waals surface area contributed by atoms with Crippen LogP contribution in [0.3, 0.4) is 0 Å². The van der Waals surface area contributed by atoms with Crippen LogP contribution < -0.4 is 10.6 Å². The third-order valence-corrected chi connectivity index (χ3v) is 2.84. The van der Waals surface area contributed by atoms with E-state index in [4.69, 9.17) is 0 Å². The summed E-state index contributed by atoms with van der Waals surface area (Å²) in [7, 11) is 0. The molecule has 0 atom stereocenters. The molecule has 3 aromatic heterocycles. The molecule has 24 heavy (non-hydrogen) atoms. The van der Waals surface area contributed by atoms with Gasteiger partial charge in [-0.2, -0.15) is 0 Å². The summed E-state index contributed by atoms with van der Waals surface area (Å²) < 4.78 is 0. The Morgan fingerprint density at radius 3 is 1.75 bits per heavy atom. The predicted molar refractivity (Wildman–Crippen MR) is 84.2 cm³/mol. The van der Waals surface area contributed by atoms with Gasteiger partial charge >= 0.3 is 0 Å². The Balaban J connectivity index is 1.66. The largest absolute Gasteiger partial charge is 0.290 e. The van der Waals surface area contributed by atoms with E-state index in [0.29, 0.717) is 0 Å². The molecule has 0 saturated heterocycles. The second-order valence-corrected chi connectivity index (χ2v) is 4.49. The number of nitrogens with one attached hydrogen (secondary N) is 2. The van der Waals surface area contributed by atoms with Crippen LogP contribution in [0.1, 0.15) is 20.8 Å². The van der Waals surface area contributed by atoms with Crippen molar-refractivity contribution in [3.63, 3.8) is 0 Å². The summed E-state index contributed by atoms with van der Waals surface area (Å²) in [6.07, 6.45) is 7.34. The molecular weight excluding hydrogens is 310 g/mol. The molecule has 0 spiro atoms. The standard InChI is InChI=1S/C15H11N7O2/c23-12(21-14-16-5-1-6-17-14)10-3-4-11(20-9-10)13(24)22-15-18-7-2-8-19-15/h1-9H,(H,16,17,21,23)(H,18,19,22,24). The van der Waals surface area contributed by atoms with Crippen molar-refractivity contribution < 1.29 is 9.59 Å². The lowest BCUT2D eigenvalue weighted by Crippen LogP contribution is -2.17. The number of hydrogen-bond donors (Lipinski definition) is 2. The van der Waals surface area contributed by atoms with Gasteiger partial charge in [0.1, 0.15) is 5.69 Å². The number of hydrogen-bond acceptors (Lipinski definition) is 7. The third-order valence-electron chi connectivity index (χ3n) is 2.84. The van der Waals surface area contributed by atoms with Gasteiger partial charge in [0, 0.05) is 31.0 Å². The first kappa shape index (κ1) is 15.2. The maximum Gasteiger partial charge on any atom is 0.276 e. The second kappa shape index (κ2) is 7.01. The molecule has 0 aliphatic carbocycles. The summed E-state index contributed by atoms with van der Waals surface area (Å²) in [6.45, 7) is 0. The van der Waals surface area contributed by atoms with E-state index >= 15 is 0 Å². The average molecular weight is 321 g/mol. The highest BCUT2D eigenvalue weighted by molar-refractivity contribution is 6.05. The summed E-state index contributed by atoms with van der Waals surface area (Å²) in [6, 6.07) is 6.18. The second-order valence-electron chi connectivity index (χ2n) is 4.49. The minimum absolute atomic E-state index is 0.134. The topological polar surface area (TPSA) is 123 Å². The van der Waals surface area contributed by atoms with Crippen LogP contribution in [0.15, 0.2) is 55.2 Å². The number of carbonyl (C=O) groups excluding carboxylic acids is 2. The highest BCUT2D eigenvalue weighted by Crippen LogP contribution is 2.05. The Morgan fingerprint density at radius 2 is 1.25 bits per heavy atom. The molecule has 2 N–H and O–H groups in total. The molecule has 3 aromatic rings. The molecule has 0 saturated carbocycles. The molecule has 0 unspecified atom stereocenters. The van der Waals surface area contributed by atoms with Crippen LogP contribution in [-0.4, -0.2) is 36.7 Å². The smallest absolute Gasteiger partial charge is 0.276 e. The fourth-order valence-electron chi connectivity index (χ4n) is 1.73. The molecule has 118 valence electrons. The van der Waals surface area contributed by atoms with E-state index in [-0.39, 0.29) is 23.2 Å². The van der Waals surface area contributed by atoms with E-state index in [9.17, 15) is 9.59 Å². The SMILES string of the molecule is O=C(Nc1ncccn1)c1ccc(C(=O)Nc2ncccn2)nc1. The Morgan fingerprint density at radius 1 is 0.708 bits per heavy atom. The van der Waals surface area contributed by atoms with Crippen LogP contribution in [0, 0.1) is 0 Å². The number of pyridine rings is 1. The van der Waals surface area contributed by atoms with Gasteiger partial charge in [-0.3, -0.25) is 25.2 Å². The average Bonchev–Trinajstić information content (AvgIpc) is 2.63. The van der Waals surface area contributed by atoms with Gasteiger partial charge in [-0.15, -0.1) is 0 Å². The number of amides is 2. The van der Waals surface area contributed by atoms with Crippen LogP contribution in [0.2, 0.25) is 0 Å². The van der Waals surface area contributed by atoms with E-state index < -0.39 is 11.8 Å². The van der Waals surface area contributed by atoms with Gasteiger partial charge in [0.15, 0.2) is 0 Å². The summed E-state index contributed by atoms with van der Waals surface area (Å²) in [5.41, 5.74) is 0.407. The molecule has 9 nitrogen and oxygen atoms in total. The molecule has 3 heterocycles. The van der Waals surface area contributed by atoms with Gasteiger partial charge in [0.25, 0.3) is 11.8 Å². The maximum atomic E-state index is 12.0. The zero-order valence-electron chi connectivity index (χ0n) is 12.2. The molecule has 3 rings (SSSR count).